The lowest BCUT2D eigenvalue weighted by molar-refractivity contribution is 1.07. The van der Waals surface area contributed by atoms with Crippen LogP contribution < -0.4 is 0 Å². The van der Waals surface area contributed by atoms with Crippen LogP contribution in [0.3, 0.4) is 0 Å². The van der Waals surface area contributed by atoms with Crippen molar-refractivity contribution in [3.8, 4) is 62.1 Å². The summed E-state index contributed by atoms with van der Waals surface area (Å²) in [6, 6.07) is -29.0. The summed E-state index contributed by atoms with van der Waals surface area (Å²) in [5, 5.41) is -1.21. The van der Waals surface area contributed by atoms with Crippen LogP contribution in [0.5, 0.6) is 0 Å². The average Bonchev–Trinajstić information content (AvgIpc) is 4.06. The van der Waals surface area contributed by atoms with Gasteiger partial charge in [-0.15, -0.1) is 0 Å². The number of hydrogen-bond acceptors (Lipinski definition) is 3. The Labute approximate surface area is 326 Å². The van der Waals surface area contributed by atoms with E-state index in [9.17, 15) is 8.22 Å². The number of aromatic nitrogens is 4. The fraction of sp³-hybridized carbons (Fsp3) is 0. The monoisotopic (exact) mass is 656 g/mol. The minimum atomic E-state index is -1.14. The third kappa shape index (κ3) is 5.26. The summed E-state index contributed by atoms with van der Waals surface area (Å²) in [6.07, 6.45) is 0. The van der Waals surface area contributed by atoms with Gasteiger partial charge in [-0.25, -0.2) is 15.0 Å². The Balaban J connectivity index is 1.45. The van der Waals surface area contributed by atoms with Crippen LogP contribution in [0.2, 0.25) is 0 Å². The molecule has 7 aromatic carbocycles. The smallest absolute Gasteiger partial charge is 0.164 e. The van der Waals surface area contributed by atoms with Crippen molar-refractivity contribution in [2.45, 2.75) is 0 Å². The predicted molar refractivity (Wildman–Crippen MR) is 201 cm³/mol. The molecule has 0 unspecified atom stereocenters. The quantitative estimate of drug-likeness (QED) is 0.179. The van der Waals surface area contributed by atoms with Crippen molar-refractivity contribution < 1.29 is 41.1 Å². The normalized spacial score (nSPS) is 19.8. The molecule has 0 saturated carbocycles. The highest BCUT2D eigenvalue weighted by atomic mass is 15.0. The molecule has 0 amide bonds. The predicted octanol–water partition coefficient (Wildman–Crippen LogP) is 11.3. The van der Waals surface area contributed by atoms with Crippen LogP contribution >= 0.6 is 0 Å². The van der Waals surface area contributed by atoms with Crippen molar-refractivity contribution in [2.24, 2.45) is 0 Å². The van der Waals surface area contributed by atoms with E-state index in [4.69, 9.17) is 32.9 Å². The lowest BCUT2D eigenvalue weighted by Gasteiger charge is -2.13. The van der Waals surface area contributed by atoms with Crippen LogP contribution in [0.15, 0.2) is 181 Å². The maximum Gasteiger partial charge on any atom is 0.164 e. The molecule has 0 saturated heterocycles. The number of fused-ring (bicyclic) bond motifs is 3. The summed E-state index contributed by atoms with van der Waals surface area (Å²) in [5.41, 5.74) is -7.98. The number of hydrogen-bond donors (Lipinski definition) is 0. The molecular formula is C45H30N4. The van der Waals surface area contributed by atoms with Gasteiger partial charge < -0.3 is 4.57 Å². The lowest BCUT2D eigenvalue weighted by atomic mass is 9.99. The molecule has 0 N–H and O–H groups in total. The minimum Gasteiger partial charge on any atom is -0.309 e. The molecule has 0 fully saturated rings. The Bertz CT molecular complexity index is 4210. The molecule has 230 valence electrons. The Hall–Kier alpha value is -6.65. The van der Waals surface area contributed by atoms with Gasteiger partial charge in [0.15, 0.2) is 17.5 Å². The molecule has 0 atom stereocenters. The summed E-state index contributed by atoms with van der Waals surface area (Å²) < 4.78 is 264. The summed E-state index contributed by atoms with van der Waals surface area (Å²) in [5.74, 6) is -2.86. The third-order valence-electron chi connectivity index (χ3n) is 6.99. The summed E-state index contributed by atoms with van der Waals surface area (Å²) >= 11 is 0. The van der Waals surface area contributed by atoms with Gasteiger partial charge in [-0.2, -0.15) is 0 Å². The van der Waals surface area contributed by atoms with Crippen LogP contribution in [0.4, 0.5) is 0 Å². The van der Waals surface area contributed by atoms with Crippen molar-refractivity contribution in [2.75, 3.05) is 0 Å². The first-order valence-electron chi connectivity index (χ1n) is 29.0. The highest BCUT2D eigenvalue weighted by Gasteiger charge is 2.17. The molecule has 4 heteroatoms. The molecule has 49 heavy (non-hydrogen) atoms. The van der Waals surface area contributed by atoms with Crippen LogP contribution in [-0.4, -0.2) is 19.5 Å². The number of nitrogens with zero attached hydrogens (tertiary/aromatic N) is 4. The Morgan fingerprint density at radius 3 is 1.53 bits per heavy atom. The van der Waals surface area contributed by atoms with E-state index < -0.39 is 265 Å². The van der Waals surface area contributed by atoms with Gasteiger partial charge in [-0.3, -0.25) is 0 Å². The molecule has 0 spiro atoms. The van der Waals surface area contributed by atoms with E-state index in [0.29, 0.717) is 4.57 Å². The lowest BCUT2D eigenvalue weighted by Crippen LogP contribution is -2.01. The van der Waals surface area contributed by atoms with Gasteiger partial charge in [0.25, 0.3) is 0 Å². The van der Waals surface area contributed by atoms with Gasteiger partial charge in [0.2, 0.25) is 0 Å². The molecule has 0 bridgehead atoms. The van der Waals surface area contributed by atoms with Gasteiger partial charge in [-0.1, -0.05) is 139 Å². The zero-order chi connectivity index (χ0) is 58.7. The fourth-order valence-electron chi connectivity index (χ4n) is 4.88. The largest absolute Gasteiger partial charge is 0.309 e. The number of rotatable bonds is 6. The molecule has 0 radical (unpaired) electrons. The minimum absolute atomic E-state index is 0.596. The molecular weight excluding hydrogens is 597 g/mol. The van der Waals surface area contributed by atoms with Crippen LogP contribution in [0.1, 0.15) is 41.1 Å². The average molecular weight is 657 g/mol. The van der Waals surface area contributed by atoms with Crippen molar-refractivity contribution in [3.05, 3.63) is 181 Å². The van der Waals surface area contributed by atoms with Gasteiger partial charge in [0.05, 0.1) is 52.2 Å². The van der Waals surface area contributed by atoms with Crippen molar-refractivity contribution in [3.63, 3.8) is 0 Å². The molecule has 4 nitrogen and oxygen atoms in total. The van der Waals surface area contributed by atoms with Gasteiger partial charge in [0.1, 0.15) is 0 Å². The van der Waals surface area contributed by atoms with E-state index in [-0.39, 0.29) is 0 Å². The van der Waals surface area contributed by atoms with Gasteiger partial charge in [-0.05, 0) is 64.6 Å². The second-order valence-corrected chi connectivity index (χ2v) is 9.81. The zero-order valence-electron chi connectivity index (χ0n) is 54.3. The van der Waals surface area contributed by atoms with E-state index in [1.165, 1.54) is 0 Å². The molecule has 2 heterocycles. The van der Waals surface area contributed by atoms with E-state index in [1.54, 1.807) is 0 Å². The van der Waals surface area contributed by atoms with Crippen LogP contribution in [0.25, 0.3) is 83.9 Å². The molecule has 0 aliphatic heterocycles. The SMILES string of the molecule is [2H]c1c([2H])c([2H])c(-c2nc(-c3c([2H])c([2H])c(-n4c5c([2H])c([2H])c([2H])c([2H])c5c5c([2H])c(-c6c([2H])c([2H])c([2H])c([2H])c6[2H])c([2H])c([2H])c54)c([2H])c3[2H])nc(-c3c([2H])c([2H])c([2H])c([2H])c3-c3c([2H])c([2H])c([2H])c([2H])c3[2H])n2)c([2H])c1[2H]. The fourth-order valence-corrected chi connectivity index (χ4v) is 4.88. The van der Waals surface area contributed by atoms with E-state index in [2.05, 4.69) is 15.0 Å². The third-order valence-corrected chi connectivity index (χ3v) is 6.99. The number of para-hydroxylation sites is 1. The molecule has 9 aromatic rings. The molecule has 2 aromatic heterocycles. The molecule has 0 aliphatic rings. The van der Waals surface area contributed by atoms with Crippen molar-refractivity contribution in [1.29, 1.82) is 0 Å². The first-order valence-corrected chi connectivity index (χ1v) is 14.0. The zero-order valence-corrected chi connectivity index (χ0v) is 24.3. The molecule has 9 rings (SSSR count). The van der Waals surface area contributed by atoms with Gasteiger partial charge >= 0.3 is 0 Å². The molecule has 0 aliphatic carbocycles. The van der Waals surface area contributed by atoms with Crippen molar-refractivity contribution in [1.82, 2.24) is 19.5 Å². The Kier molecular flexibility index (Phi) is 2.79. The second-order valence-electron chi connectivity index (χ2n) is 9.81. The highest BCUT2D eigenvalue weighted by Crippen LogP contribution is 2.36. The van der Waals surface area contributed by atoms with E-state index in [1.807, 2.05) is 0 Å². The summed E-state index contributed by atoms with van der Waals surface area (Å²) in [7, 11) is 0. The standard InChI is InChI=1S/C45H30N4/c1-4-14-31(15-5-1)35-26-29-42-40(30-35)38-21-12-13-23-41(38)49(42)36-27-24-34(25-28-36)44-46-43(33-18-8-3-9-19-33)47-45(48-44)39-22-11-10-20-37(39)32-16-6-2-7-17-32/h1-30H/i1D,2D,3D,4D,5D,6D,7D,8D,9D,10D,11D,12D,13D,14D,15D,16D,17D,18D,19D,20D,21D,22D,23D,24D,25D,26D,27D,28D,29D,30D. The van der Waals surface area contributed by atoms with Crippen molar-refractivity contribution >= 4 is 21.8 Å². The maximum atomic E-state index is 9.53. The highest BCUT2D eigenvalue weighted by molar-refractivity contribution is 6.10. The second kappa shape index (κ2) is 12.2. The maximum absolute atomic E-state index is 9.53. The Morgan fingerprint density at radius 1 is 0.347 bits per heavy atom. The van der Waals surface area contributed by atoms with E-state index in [0.717, 1.165) is 0 Å². The number of benzene rings is 7. The Morgan fingerprint density at radius 2 is 0.837 bits per heavy atom. The van der Waals surface area contributed by atoms with E-state index >= 15 is 0 Å². The first-order chi connectivity index (χ1) is 36.8. The summed E-state index contributed by atoms with van der Waals surface area (Å²) in [6.45, 7) is 0. The topological polar surface area (TPSA) is 43.6 Å². The van der Waals surface area contributed by atoms with Crippen LogP contribution in [-0.2, 0) is 0 Å². The van der Waals surface area contributed by atoms with Crippen LogP contribution in [0, 0.1) is 0 Å². The summed E-state index contributed by atoms with van der Waals surface area (Å²) in [4.78, 5) is 12.8. The van der Waals surface area contributed by atoms with Gasteiger partial charge in [0, 0.05) is 33.2 Å². The first kappa shape index (κ1) is 11.2.